The lowest BCUT2D eigenvalue weighted by Gasteiger charge is -2.05. The zero-order chi connectivity index (χ0) is 15.9. The average Bonchev–Trinajstić information content (AvgIpc) is 2.59. The fraction of sp³-hybridized carbons (Fsp3) is 0.300. The lowest BCUT2D eigenvalue weighted by atomic mass is 10.00. The molecular weight excluding hydrogens is 272 g/mol. The van der Waals surface area contributed by atoms with Gasteiger partial charge in [-0.1, -0.05) is 62.4 Å². The first kappa shape index (κ1) is 16.2. The van der Waals surface area contributed by atoms with E-state index in [0.29, 0.717) is 12.8 Å². The first-order valence-electron chi connectivity index (χ1n) is 7.88. The summed E-state index contributed by atoms with van der Waals surface area (Å²) in [6.07, 6.45) is 2.95. The van der Waals surface area contributed by atoms with Crippen molar-refractivity contribution in [1.29, 1.82) is 0 Å². The van der Waals surface area contributed by atoms with E-state index in [1.54, 1.807) is 0 Å². The van der Waals surface area contributed by atoms with Gasteiger partial charge in [0, 0.05) is 24.0 Å². The summed E-state index contributed by atoms with van der Waals surface area (Å²) in [6.45, 7) is 3.76. The normalized spacial score (nSPS) is 10.5. The Bertz CT molecular complexity index is 577. The summed E-state index contributed by atoms with van der Waals surface area (Å²) < 4.78 is 0. The molecule has 0 aliphatic carbocycles. The number of benzene rings is 2. The second-order valence-corrected chi connectivity index (χ2v) is 5.45. The van der Waals surface area contributed by atoms with Gasteiger partial charge in [-0.05, 0) is 24.0 Å². The van der Waals surface area contributed by atoms with Gasteiger partial charge in [0.05, 0.1) is 0 Å². The molecule has 114 valence electrons. The summed E-state index contributed by atoms with van der Waals surface area (Å²) in [4.78, 5) is 23.2. The van der Waals surface area contributed by atoms with Crippen LogP contribution >= 0.6 is 0 Å². The van der Waals surface area contributed by atoms with Crippen molar-refractivity contribution in [3.63, 3.8) is 0 Å². The number of aryl methyl sites for hydroxylation is 2. The van der Waals surface area contributed by atoms with Crippen molar-refractivity contribution in [2.45, 2.75) is 39.5 Å². The Morgan fingerprint density at radius 3 is 1.23 bits per heavy atom. The second kappa shape index (κ2) is 7.69. The molecule has 2 nitrogen and oxygen atoms in total. The number of hydrogen-bond acceptors (Lipinski definition) is 2. The number of carbonyl (C=O) groups is 2. The minimum absolute atomic E-state index is 0.183. The predicted molar refractivity (Wildman–Crippen MR) is 89.5 cm³/mol. The van der Waals surface area contributed by atoms with Gasteiger partial charge in [-0.2, -0.15) is 0 Å². The summed E-state index contributed by atoms with van der Waals surface area (Å²) >= 11 is 0. The van der Waals surface area contributed by atoms with E-state index in [1.165, 1.54) is 11.1 Å². The van der Waals surface area contributed by atoms with Gasteiger partial charge in [0.25, 0.3) is 0 Å². The molecule has 2 aromatic carbocycles. The quantitative estimate of drug-likeness (QED) is 0.696. The van der Waals surface area contributed by atoms with Gasteiger partial charge in [-0.15, -0.1) is 0 Å². The van der Waals surface area contributed by atoms with E-state index in [-0.39, 0.29) is 11.6 Å². The van der Waals surface area contributed by atoms with Crippen LogP contribution in [0.25, 0.3) is 0 Å². The van der Waals surface area contributed by atoms with Crippen LogP contribution in [-0.2, 0) is 12.8 Å². The van der Waals surface area contributed by atoms with Gasteiger partial charge in [0.15, 0.2) is 11.6 Å². The highest BCUT2D eigenvalue weighted by Crippen LogP contribution is 2.12. The summed E-state index contributed by atoms with van der Waals surface area (Å²) in [5.41, 5.74) is 4.02. The Labute approximate surface area is 132 Å². The van der Waals surface area contributed by atoms with E-state index >= 15 is 0 Å². The van der Waals surface area contributed by atoms with Crippen LogP contribution in [0.3, 0.4) is 0 Å². The summed E-state index contributed by atoms with van der Waals surface area (Å²) in [6, 6.07) is 15.7. The van der Waals surface area contributed by atoms with Crippen LogP contribution in [0.2, 0.25) is 0 Å². The lowest BCUT2D eigenvalue weighted by molar-refractivity contribution is 0.0980. The van der Waals surface area contributed by atoms with Crippen molar-refractivity contribution in [1.82, 2.24) is 0 Å². The highest BCUT2D eigenvalue weighted by Gasteiger charge is 2.04. The summed E-state index contributed by atoms with van der Waals surface area (Å²) in [5.74, 6) is 0.366. The van der Waals surface area contributed by atoms with Gasteiger partial charge < -0.3 is 0 Å². The van der Waals surface area contributed by atoms with E-state index in [4.69, 9.17) is 0 Å². The van der Waals surface area contributed by atoms with Crippen molar-refractivity contribution in [3.05, 3.63) is 70.8 Å². The minimum Gasteiger partial charge on any atom is -0.294 e. The molecular formula is C20H22O2. The molecule has 0 bridgehead atoms. The van der Waals surface area contributed by atoms with Gasteiger partial charge in [0.2, 0.25) is 0 Å². The Kier molecular flexibility index (Phi) is 5.65. The molecule has 0 saturated heterocycles. The van der Waals surface area contributed by atoms with Crippen molar-refractivity contribution >= 4 is 11.6 Å². The Morgan fingerprint density at radius 1 is 0.636 bits per heavy atom. The first-order valence-corrected chi connectivity index (χ1v) is 7.88. The number of ketones is 2. The molecule has 2 aromatic rings. The maximum atomic E-state index is 11.6. The third-order valence-electron chi connectivity index (χ3n) is 3.90. The molecule has 2 heteroatoms. The maximum absolute atomic E-state index is 11.6. The number of rotatable bonds is 7. The van der Waals surface area contributed by atoms with Crippen LogP contribution in [-0.4, -0.2) is 11.6 Å². The Hall–Kier alpha value is -2.22. The molecule has 0 heterocycles. The van der Waals surface area contributed by atoms with Crippen molar-refractivity contribution < 1.29 is 9.59 Å². The van der Waals surface area contributed by atoms with E-state index in [2.05, 4.69) is 0 Å². The van der Waals surface area contributed by atoms with E-state index in [0.717, 1.165) is 24.0 Å². The number of Topliss-reactive ketones (excluding diaryl/α,β-unsaturated/α-hetero) is 2. The Balaban J connectivity index is 1.95. The molecule has 0 aliphatic heterocycles. The molecule has 0 fully saturated rings. The van der Waals surface area contributed by atoms with Crippen LogP contribution in [0.1, 0.15) is 58.5 Å². The largest absolute Gasteiger partial charge is 0.294 e. The molecule has 0 aromatic heterocycles. The average molecular weight is 294 g/mol. The van der Waals surface area contributed by atoms with Gasteiger partial charge in [0.1, 0.15) is 0 Å². The highest BCUT2D eigenvalue weighted by molar-refractivity contribution is 5.96. The molecule has 0 amide bonds. The van der Waals surface area contributed by atoms with Crippen LogP contribution in [0.15, 0.2) is 48.5 Å². The van der Waals surface area contributed by atoms with Crippen molar-refractivity contribution in [2.75, 3.05) is 0 Å². The molecule has 0 aliphatic rings. The van der Waals surface area contributed by atoms with Gasteiger partial charge in [-0.25, -0.2) is 0 Å². The zero-order valence-electron chi connectivity index (χ0n) is 13.3. The molecule has 0 spiro atoms. The van der Waals surface area contributed by atoms with E-state index < -0.39 is 0 Å². The molecule has 0 saturated carbocycles. The zero-order valence-corrected chi connectivity index (χ0v) is 13.3. The van der Waals surface area contributed by atoms with E-state index in [1.807, 2.05) is 62.4 Å². The standard InChI is InChI=1S/C20H22O2/c1-3-19(21)17-11-7-15(8-12-17)5-6-16-9-13-18(14-10-16)20(22)4-2/h7-14H,3-6H2,1-2H3. The molecule has 0 radical (unpaired) electrons. The van der Waals surface area contributed by atoms with Crippen molar-refractivity contribution in [3.8, 4) is 0 Å². The molecule has 0 unspecified atom stereocenters. The number of carbonyl (C=O) groups excluding carboxylic acids is 2. The second-order valence-electron chi connectivity index (χ2n) is 5.45. The third-order valence-corrected chi connectivity index (χ3v) is 3.90. The SMILES string of the molecule is CCC(=O)c1ccc(CCc2ccc(C(=O)CC)cc2)cc1. The molecule has 2 rings (SSSR count). The molecule has 22 heavy (non-hydrogen) atoms. The van der Waals surface area contributed by atoms with Gasteiger partial charge in [-0.3, -0.25) is 9.59 Å². The van der Waals surface area contributed by atoms with Crippen LogP contribution in [0.5, 0.6) is 0 Å². The fourth-order valence-corrected chi connectivity index (χ4v) is 2.41. The van der Waals surface area contributed by atoms with E-state index in [9.17, 15) is 9.59 Å². The van der Waals surface area contributed by atoms with Gasteiger partial charge >= 0.3 is 0 Å². The lowest BCUT2D eigenvalue weighted by Crippen LogP contribution is -1.98. The summed E-state index contributed by atoms with van der Waals surface area (Å²) in [7, 11) is 0. The monoisotopic (exact) mass is 294 g/mol. The predicted octanol–water partition coefficient (Wildman–Crippen LogP) is 4.66. The highest BCUT2D eigenvalue weighted by atomic mass is 16.1. The maximum Gasteiger partial charge on any atom is 0.162 e. The fourth-order valence-electron chi connectivity index (χ4n) is 2.41. The molecule has 0 atom stereocenters. The van der Waals surface area contributed by atoms with Crippen LogP contribution < -0.4 is 0 Å². The minimum atomic E-state index is 0.183. The van der Waals surface area contributed by atoms with Crippen molar-refractivity contribution in [2.24, 2.45) is 0 Å². The number of hydrogen-bond donors (Lipinski definition) is 0. The Morgan fingerprint density at radius 2 is 0.955 bits per heavy atom. The smallest absolute Gasteiger partial charge is 0.162 e. The first-order chi connectivity index (χ1) is 10.6. The third kappa shape index (κ3) is 4.14. The topological polar surface area (TPSA) is 34.1 Å². The molecule has 0 N–H and O–H groups in total. The summed E-state index contributed by atoms with van der Waals surface area (Å²) in [5, 5.41) is 0. The van der Waals surface area contributed by atoms with Crippen LogP contribution in [0.4, 0.5) is 0 Å². The van der Waals surface area contributed by atoms with Crippen LogP contribution in [0, 0.1) is 0 Å².